The summed E-state index contributed by atoms with van der Waals surface area (Å²) >= 11 is 0. The molecule has 0 aliphatic heterocycles. The van der Waals surface area contributed by atoms with Crippen molar-refractivity contribution in [3.05, 3.63) is 23.8 Å². The lowest BCUT2D eigenvalue weighted by Crippen LogP contribution is -2.31. The zero-order valence-corrected chi connectivity index (χ0v) is 13.5. The zero-order valence-electron chi connectivity index (χ0n) is 13.5. The summed E-state index contributed by atoms with van der Waals surface area (Å²) in [5.74, 6) is 0.622. The summed E-state index contributed by atoms with van der Waals surface area (Å²) in [6.07, 6.45) is 1.09. The molecule has 1 unspecified atom stereocenters. The Morgan fingerprint density at radius 3 is 2.30 bits per heavy atom. The van der Waals surface area contributed by atoms with Crippen molar-refractivity contribution >= 4 is 17.3 Å². The van der Waals surface area contributed by atoms with Crippen LogP contribution in [0.25, 0.3) is 0 Å². The highest BCUT2D eigenvalue weighted by molar-refractivity contribution is 5.96. The molecule has 0 saturated heterocycles. The highest BCUT2D eigenvalue weighted by atomic mass is 16.2. The molecule has 0 aliphatic rings. The molecule has 4 nitrogen and oxygen atoms in total. The zero-order chi connectivity index (χ0) is 15.4. The SMILES string of the molecule is CC(C)CC(C)N(C)c1cc(C(=O)N(C)C)ccc1N. The Kier molecular flexibility index (Phi) is 5.43. The molecule has 2 N–H and O–H groups in total. The lowest BCUT2D eigenvalue weighted by atomic mass is 10.0. The van der Waals surface area contributed by atoms with Gasteiger partial charge in [-0.1, -0.05) is 13.8 Å². The van der Waals surface area contributed by atoms with Crippen molar-refractivity contribution in [1.82, 2.24) is 4.90 Å². The van der Waals surface area contributed by atoms with Crippen molar-refractivity contribution in [2.24, 2.45) is 5.92 Å². The summed E-state index contributed by atoms with van der Waals surface area (Å²) in [4.78, 5) is 15.8. The van der Waals surface area contributed by atoms with Gasteiger partial charge in [0.1, 0.15) is 0 Å². The molecule has 0 aliphatic carbocycles. The van der Waals surface area contributed by atoms with E-state index in [0.29, 0.717) is 23.2 Å². The molecule has 20 heavy (non-hydrogen) atoms. The number of carbonyl (C=O) groups excluding carboxylic acids is 1. The van der Waals surface area contributed by atoms with Gasteiger partial charge in [0.15, 0.2) is 0 Å². The minimum atomic E-state index is -0.00355. The van der Waals surface area contributed by atoms with E-state index in [-0.39, 0.29) is 5.91 Å². The van der Waals surface area contributed by atoms with Crippen molar-refractivity contribution in [2.45, 2.75) is 33.2 Å². The number of nitrogens with two attached hydrogens (primary N) is 1. The van der Waals surface area contributed by atoms with E-state index in [1.807, 2.05) is 19.2 Å². The maximum Gasteiger partial charge on any atom is 0.253 e. The quantitative estimate of drug-likeness (QED) is 0.842. The number of hydrogen-bond donors (Lipinski definition) is 1. The Balaban J connectivity index is 3.05. The average Bonchev–Trinajstić information content (AvgIpc) is 2.36. The van der Waals surface area contributed by atoms with Gasteiger partial charge in [-0.15, -0.1) is 0 Å². The van der Waals surface area contributed by atoms with E-state index in [0.717, 1.165) is 12.1 Å². The number of anilines is 2. The fourth-order valence-corrected chi connectivity index (χ4v) is 2.32. The van der Waals surface area contributed by atoms with Crippen LogP contribution >= 0.6 is 0 Å². The van der Waals surface area contributed by atoms with Gasteiger partial charge in [0.2, 0.25) is 0 Å². The van der Waals surface area contributed by atoms with Crippen molar-refractivity contribution in [2.75, 3.05) is 31.8 Å². The molecule has 112 valence electrons. The van der Waals surface area contributed by atoms with Crippen LogP contribution in [0.15, 0.2) is 18.2 Å². The Hall–Kier alpha value is -1.71. The van der Waals surface area contributed by atoms with Crippen LogP contribution in [-0.4, -0.2) is 38.0 Å². The highest BCUT2D eigenvalue weighted by Gasteiger charge is 2.16. The molecule has 0 radical (unpaired) electrons. The van der Waals surface area contributed by atoms with Gasteiger partial charge in [0, 0.05) is 32.7 Å². The third kappa shape index (κ3) is 3.89. The first-order chi connectivity index (χ1) is 9.23. The first kappa shape index (κ1) is 16.3. The van der Waals surface area contributed by atoms with E-state index in [4.69, 9.17) is 5.73 Å². The van der Waals surface area contributed by atoms with E-state index in [9.17, 15) is 4.79 Å². The molecule has 0 bridgehead atoms. The predicted molar refractivity (Wildman–Crippen MR) is 86.2 cm³/mol. The fourth-order valence-electron chi connectivity index (χ4n) is 2.32. The van der Waals surface area contributed by atoms with Gasteiger partial charge >= 0.3 is 0 Å². The van der Waals surface area contributed by atoms with Gasteiger partial charge in [0.05, 0.1) is 11.4 Å². The first-order valence-corrected chi connectivity index (χ1v) is 7.08. The second kappa shape index (κ2) is 6.64. The first-order valence-electron chi connectivity index (χ1n) is 7.08. The van der Waals surface area contributed by atoms with Gasteiger partial charge < -0.3 is 15.5 Å². The number of hydrogen-bond acceptors (Lipinski definition) is 3. The van der Waals surface area contributed by atoms with Crippen LogP contribution in [0.1, 0.15) is 37.6 Å². The lowest BCUT2D eigenvalue weighted by Gasteiger charge is -2.30. The summed E-state index contributed by atoms with van der Waals surface area (Å²) in [7, 11) is 5.54. The van der Waals surface area contributed by atoms with E-state index in [1.165, 1.54) is 0 Å². The van der Waals surface area contributed by atoms with Crippen LogP contribution in [0.2, 0.25) is 0 Å². The molecule has 4 heteroatoms. The van der Waals surface area contributed by atoms with Crippen LogP contribution in [0.3, 0.4) is 0 Å². The average molecular weight is 277 g/mol. The summed E-state index contributed by atoms with van der Waals surface area (Å²) in [5, 5.41) is 0. The molecule has 1 rings (SSSR count). The normalized spacial score (nSPS) is 12.3. The Labute approximate surface area is 122 Å². The standard InChI is InChI=1S/C16H27N3O/c1-11(2)9-12(3)19(6)15-10-13(7-8-14(15)17)16(20)18(4)5/h7-8,10-12H,9,17H2,1-6H3. The molecule has 1 aromatic rings. The second-order valence-corrected chi connectivity index (χ2v) is 6.06. The Morgan fingerprint density at radius 2 is 1.80 bits per heavy atom. The topological polar surface area (TPSA) is 49.6 Å². The van der Waals surface area contributed by atoms with Crippen LogP contribution < -0.4 is 10.6 Å². The largest absolute Gasteiger partial charge is 0.397 e. The fraction of sp³-hybridized carbons (Fsp3) is 0.562. The van der Waals surface area contributed by atoms with Crippen molar-refractivity contribution in [1.29, 1.82) is 0 Å². The summed E-state index contributed by atoms with van der Waals surface area (Å²) in [6.45, 7) is 6.60. The molecule has 0 heterocycles. The van der Waals surface area contributed by atoms with E-state index in [1.54, 1.807) is 25.1 Å². The molecule has 1 aromatic carbocycles. The molecule has 0 fully saturated rings. The lowest BCUT2D eigenvalue weighted by molar-refractivity contribution is 0.0827. The molecular weight excluding hydrogens is 250 g/mol. The number of amides is 1. The summed E-state index contributed by atoms with van der Waals surface area (Å²) in [5.41, 5.74) is 8.37. The maximum atomic E-state index is 12.0. The van der Waals surface area contributed by atoms with Crippen molar-refractivity contribution in [3.63, 3.8) is 0 Å². The molecule has 1 amide bonds. The molecule has 0 saturated carbocycles. The van der Waals surface area contributed by atoms with Gasteiger partial charge in [-0.3, -0.25) is 4.79 Å². The van der Waals surface area contributed by atoms with E-state index in [2.05, 4.69) is 25.7 Å². The monoisotopic (exact) mass is 277 g/mol. The van der Waals surface area contributed by atoms with Crippen molar-refractivity contribution in [3.8, 4) is 0 Å². The van der Waals surface area contributed by atoms with Gasteiger partial charge in [-0.25, -0.2) is 0 Å². The van der Waals surface area contributed by atoms with Gasteiger partial charge in [-0.05, 0) is 37.5 Å². The number of nitrogen functional groups attached to an aromatic ring is 1. The van der Waals surface area contributed by atoms with Crippen molar-refractivity contribution < 1.29 is 4.79 Å². The van der Waals surface area contributed by atoms with Crippen LogP contribution in [0.5, 0.6) is 0 Å². The van der Waals surface area contributed by atoms with Crippen LogP contribution in [0, 0.1) is 5.92 Å². The van der Waals surface area contributed by atoms with Crippen LogP contribution in [0.4, 0.5) is 11.4 Å². The van der Waals surface area contributed by atoms with E-state index < -0.39 is 0 Å². The summed E-state index contributed by atoms with van der Waals surface area (Å²) in [6, 6.07) is 5.85. The maximum absolute atomic E-state index is 12.0. The minimum absolute atomic E-state index is 0.00355. The molecular formula is C16H27N3O. The Morgan fingerprint density at radius 1 is 1.20 bits per heavy atom. The molecule has 0 aromatic heterocycles. The summed E-state index contributed by atoms with van der Waals surface area (Å²) < 4.78 is 0. The number of rotatable bonds is 5. The number of nitrogens with zero attached hydrogens (tertiary/aromatic N) is 2. The van der Waals surface area contributed by atoms with Gasteiger partial charge in [-0.2, -0.15) is 0 Å². The van der Waals surface area contributed by atoms with Gasteiger partial charge in [0.25, 0.3) is 5.91 Å². The molecule has 1 atom stereocenters. The Bertz CT molecular complexity index is 469. The van der Waals surface area contributed by atoms with E-state index >= 15 is 0 Å². The minimum Gasteiger partial charge on any atom is -0.397 e. The second-order valence-electron chi connectivity index (χ2n) is 6.06. The third-order valence-corrected chi connectivity index (χ3v) is 3.54. The van der Waals surface area contributed by atoms with Crippen LogP contribution in [-0.2, 0) is 0 Å². The third-order valence-electron chi connectivity index (χ3n) is 3.54. The molecule has 0 spiro atoms. The number of carbonyl (C=O) groups is 1. The number of benzene rings is 1. The highest BCUT2D eigenvalue weighted by Crippen LogP contribution is 2.27. The predicted octanol–water partition coefficient (Wildman–Crippen LogP) is 2.84. The smallest absolute Gasteiger partial charge is 0.253 e.